The third-order valence-electron chi connectivity index (χ3n) is 5.20. The number of nitrogens with one attached hydrogen (secondary N) is 1. The molecular formula is C18H27FN2. The second-order valence-electron chi connectivity index (χ2n) is 6.95. The molecule has 0 spiro atoms. The zero-order chi connectivity index (χ0) is 14.7. The summed E-state index contributed by atoms with van der Waals surface area (Å²) in [6, 6.07) is 2.46. The lowest BCUT2D eigenvalue weighted by Crippen LogP contribution is -2.33. The largest absolute Gasteiger partial charge is 0.314 e. The Morgan fingerprint density at radius 2 is 2.10 bits per heavy atom. The van der Waals surface area contributed by atoms with Gasteiger partial charge in [-0.05, 0) is 61.6 Å². The van der Waals surface area contributed by atoms with Gasteiger partial charge in [0, 0.05) is 12.2 Å². The summed E-state index contributed by atoms with van der Waals surface area (Å²) >= 11 is 0. The van der Waals surface area contributed by atoms with Crippen molar-refractivity contribution in [1.29, 1.82) is 0 Å². The number of halogens is 1. The standard InChI is InChI=1S/C18H27FN2/c1-2-3-13-4-5-14(11-21-17-6-7-17)18(8-13)15-9-16(19)12-20-10-15/h9-10,12-14,17-18,21H,2-8,11H2,1H3. The summed E-state index contributed by atoms with van der Waals surface area (Å²) in [7, 11) is 0. The molecule has 2 aliphatic carbocycles. The summed E-state index contributed by atoms with van der Waals surface area (Å²) in [4.78, 5) is 4.08. The molecule has 0 amide bonds. The quantitative estimate of drug-likeness (QED) is 0.846. The Morgan fingerprint density at radius 3 is 2.81 bits per heavy atom. The molecule has 3 atom stereocenters. The van der Waals surface area contributed by atoms with Crippen LogP contribution in [0.5, 0.6) is 0 Å². The third kappa shape index (κ3) is 4.03. The smallest absolute Gasteiger partial charge is 0.141 e. The van der Waals surface area contributed by atoms with E-state index in [1.807, 2.05) is 6.20 Å². The van der Waals surface area contributed by atoms with Crippen LogP contribution in [0, 0.1) is 17.7 Å². The number of nitrogens with zero attached hydrogens (tertiary/aromatic N) is 1. The predicted octanol–water partition coefficient (Wildman–Crippen LogP) is 4.27. The summed E-state index contributed by atoms with van der Waals surface area (Å²) in [6.07, 6.45) is 12.2. The van der Waals surface area contributed by atoms with E-state index in [2.05, 4.69) is 17.2 Å². The van der Waals surface area contributed by atoms with Gasteiger partial charge in [-0.1, -0.05) is 26.2 Å². The van der Waals surface area contributed by atoms with Crippen LogP contribution in [0.4, 0.5) is 4.39 Å². The molecule has 0 aliphatic heterocycles. The highest BCUT2D eigenvalue weighted by Gasteiger charge is 2.32. The van der Waals surface area contributed by atoms with Crippen molar-refractivity contribution >= 4 is 0 Å². The van der Waals surface area contributed by atoms with E-state index in [4.69, 9.17) is 0 Å². The zero-order valence-corrected chi connectivity index (χ0v) is 13.0. The lowest BCUT2D eigenvalue weighted by molar-refractivity contribution is 0.219. The zero-order valence-electron chi connectivity index (χ0n) is 13.0. The minimum absolute atomic E-state index is 0.195. The maximum Gasteiger partial charge on any atom is 0.141 e. The van der Waals surface area contributed by atoms with Gasteiger partial charge in [-0.2, -0.15) is 0 Å². The Labute approximate surface area is 127 Å². The molecule has 21 heavy (non-hydrogen) atoms. The predicted molar refractivity (Wildman–Crippen MR) is 83.7 cm³/mol. The summed E-state index contributed by atoms with van der Waals surface area (Å²) in [5.74, 6) is 1.73. The van der Waals surface area contributed by atoms with Crippen LogP contribution in [-0.2, 0) is 0 Å². The summed E-state index contributed by atoms with van der Waals surface area (Å²) < 4.78 is 13.5. The van der Waals surface area contributed by atoms with Gasteiger partial charge < -0.3 is 5.32 Å². The first-order chi connectivity index (χ1) is 10.3. The van der Waals surface area contributed by atoms with Crippen LogP contribution in [0.3, 0.4) is 0 Å². The summed E-state index contributed by atoms with van der Waals surface area (Å²) in [5, 5.41) is 3.67. The van der Waals surface area contributed by atoms with Gasteiger partial charge in [-0.3, -0.25) is 4.98 Å². The van der Waals surface area contributed by atoms with Crippen molar-refractivity contribution < 1.29 is 4.39 Å². The molecule has 2 nitrogen and oxygen atoms in total. The minimum atomic E-state index is -0.195. The van der Waals surface area contributed by atoms with Crippen molar-refractivity contribution in [3.63, 3.8) is 0 Å². The van der Waals surface area contributed by atoms with Crippen molar-refractivity contribution in [3.05, 3.63) is 29.8 Å². The van der Waals surface area contributed by atoms with Gasteiger partial charge in [0.25, 0.3) is 0 Å². The van der Waals surface area contributed by atoms with Gasteiger partial charge in [-0.25, -0.2) is 4.39 Å². The topological polar surface area (TPSA) is 24.9 Å². The molecule has 3 rings (SSSR count). The van der Waals surface area contributed by atoms with Crippen molar-refractivity contribution in [3.8, 4) is 0 Å². The van der Waals surface area contributed by atoms with E-state index in [0.29, 0.717) is 11.8 Å². The highest BCUT2D eigenvalue weighted by atomic mass is 19.1. The van der Waals surface area contributed by atoms with Gasteiger partial charge >= 0.3 is 0 Å². The second kappa shape index (κ2) is 6.87. The Kier molecular flexibility index (Phi) is 4.89. The third-order valence-corrected chi connectivity index (χ3v) is 5.20. The lowest BCUT2D eigenvalue weighted by Gasteiger charge is -2.36. The van der Waals surface area contributed by atoms with Crippen LogP contribution in [-0.4, -0.2) is 17.6 Å². The fraction of sp³-hybridized carbons (Fsp3) is 0.722. The molecule has 2 saturated carbocycles. The van der Waals surface area contributed by atoms with Crippen LogP contribution >= 0.6 is 0 Å². The Hall–Kier alpha value is -0.960. The highest BCUT2D eigenvalue weighted by Crippen LogP contribution is 2.42. The van der Waals surface area contributed by atoms with Crippen LogP contribution in [0.1, 0.15) is 63.4 Å². The first-order valence-corrected chi connectivity index (χ1v) is 8.60. The van der Waals surface area contributed by atoms with E-state index < -0.39 is 0 Å². The Morgan fingerprint density at radius 1 is 1.24 bits per heavy atom. The molecule has 2 aliphatic rings. The highest BCUT2D eigenvalue weighted by molar-refractivity contribution is 5.18. The average molecular weight is 290 g/mol. The average Bonchev–Trinajstić information content (AvgIpc) is 3.30. The molecule has 1 aromatic heterocycles. The van der Waals surface area contributed by atoms with Crippen LogP contribution < -0.4 is 5.32 Å². The fourth-order valence-corrected chi connectivity index (χ4v) is 3.88. The molecule has 116 valence electrons. The van der Waals surface area contributed by atoms with Crippen LogP contribution in [0.15, 0.2) is 18.5 Å². The monoisotopic (exact) mass is 290 g/mol. The molecule has 2 fully saturated rings. The van der Waals surface area contributed by atoms with E-state index in [0.717, 1.165) is 24.1 Å². The van der Waals surface area contributed by atoms with Gasteiger partial charge in [0.1, 0.15) is 5.82 Å². The van der Waals surface area contributed by atoms with Gasteiger partial charge in [0.15, 0.2) is 0 Å². The fourth-order valence-electron chi connectivity index (χ4n) is 3.88. The summed E-state index contributed by atoms with van der Waals surface area (Å²) in [5.41, 5.74) is 1.11. The molecular weight excluding hydrogens is 263 g/mol. The van der Waals surface area contributed by atoms with Gasteiger partial charge in [-0.15, -0.1) is 0 Å². The van der Waals surface area contributed by atoms with Crippen molar-refractivity contribution in [2.24, 2.45) is 11.8 Å². The molecule has 1 heterocycles. The molecule has 0 saturated heterocycles. The van der Waals surface area contributed by atoms with Crippen LogP contribution in [0.2, 0.25) is 0 Å². The number of hydrogen-bond donors (Lipinski definition) is 1. The van der Waals surface area contributed by atoms with E-state index in [1.54, 1.807) is 6.07 Å². The molecule has 0 aromatic carbocycles. The molecule has 1 N–H and O–H groups in total. The number of rotatable bonds is 6. The first-order valence-electron chi connectivity index (χ1n) is 8.60. The SMILES string of the molecule is CCCC1CCC(CNC2CC2)C(c2cncc(F)c2)C1. The molecule has 3 heteroatoms. The van der Waals surface area contributed by atoms with Crippen molar-refractivity contribution in [2.45, 2.75) is 63.8 Å². The van der Waals surface area contributed by atoms with Crippen LogP contribution in [0.25, 0.3) is 0 Å². The number of hydrogen-bond acceptors (Lipinski definition) is 2. The first kappa shape index (κ1) is 15.0. The molecule has 0 bridgehead atoms. The van der Waals surface area contributed by atoms with Crippen molar-refractivity contribution in [2.75, 3.05) is 6.54 Å². The van der Waals surface area contributed by atoms with E-state index in [-0.39, 0.29) is 5.82 Å². The maximum atomic E-state index is 13.5. The number of pyridine rings is 1. The maximum absolute atomic E-state index is 13.5. The normalized spacial score (nSPS) is 29.5. The van der Waals surface area contributed by atoms with Gasteiger partial charge in [0.05, 0.1) is 6.20 Å². The second-order valence-corrected chi connectivity index (χ2v) is 6.95. The van der Waals surface area contributed by atoms with E-state index in [9.17, 15) is 4.39 Å². The Balaban J connectivity index is 1.71. The molecule has 3 unspecified atom stereocenters. The van der Waals surface area contributed by atoms with Crippen molar-refractivity contribution in [1.82, 2.24) is 10.3 Å². The minimum Gasteiger partial charge on any atom is -0.314 e. The molecule has 0 radical (unpaired) electrons. The number of aromatic nitrogens is 1. The van der Waals surface area contributed by atoms with E-state index in [1.165, 1.54) is 51.1 Å². The van der Waals surface area contributed by atoms with Gasteiger partial charge in [0.2, 0.25) is 0 Å². The van der Waals surface area contributed by atoms with E-state index >= 15 is 0 Å². The Bertz CT molecular complexity index is 458. The summed E-state index contributed by atoms with van der Waals surface area (Å²) in [6.45, 7) is 3.35. The lowest BCUT2D eigenvalue weighted by atomic mass is 9.70. The molecule has 1 aromatic rings.